The van der Waals surface area contributed by atoms with Crippen LogP contribution in [0.15, 0.2) is 0 Å². The third-order valence-corrected chi connectivity index (χ3v) is 5.29. The molecule has 0 aliphatic heterocycles. The molecule has 1 radical (unpaired) electrons. The minimum atomic E-state index is 1.04. The molecule has 0 atom stereocenters. The number of hydrogen-bond donors (Lipinski definition) is 0. The fraction of sp³-hybridized carbons (Fsp3) is 0.957. The van der Waals surface area contributed by atoms with Crippen LogP contribution in [0.5, 0.6) is 0 Å². The van der Waals surface area contributed by atoms with Crippen LogP contribution in [0.2, 0.25) is 0 Å². The molecule has 0 rings (SSSR count). The van der Waals surface area contributed by atoms with Gasteiger partial charge in [0.25, 0.3) is 0 Å². The second kappa shape index (κ2) is 20.0. The predicted molar refractivity (Wildman–Crippen MR) is 108 cm³/mol. The Balaban J connectivity index is 3.48. The normalized spacial score (nSPS) is 11.5. The van der Waals surface area contributed by atoms with Gasteiger partial charge in [0.05, 0.1) is 0 Å². The lowest BCUT2D eigenvalue weighted by molar-refractivity contribution is 0.370. The van der Waals surface area contributed by atoms with Crippen LogP contribution in [0.4, 0.5) is 0 Å². The lowest BCUT2D eigenvalue weighted by Gasteiger charge is -2.16. The fourth-order valence-electron chi connectivity index (χ4n) is 3.65. The Kier molecular flexibility index (Phi) is 20.0. The third kappa shape index (κ3) is 18.2. The van der Waals surface area contributed by atoms with Crippen molar-refractivity contribution >= 4 is 0 Å². The Morgan fingerprint density at radius 3 is 1.22 bits per heavy atom. The topological polar surface area (TPSA) is 0 Å². The molecule has 0 nitrogen and oxygen atoms in total. The van der Waals surface area contributed by atoms with Crippen LogP contribution < -0.4 is 0 Å². The van der Waals surface area contributed by atoms with Gasteiger partial charge in [-0.2, -0.15) is 0 Å². The molecule has 0 aliphatic carbocycles. The van der Waals surface area contributed by atoms with E-state index in [0.717, 1.165) is 12.3 Å². The molecule has 23 heavy (non-hydrogen) atoms. The lowest BCUT2D eigenvalue weighted by Crippen LogP contribution is -2.01. The van der Waals surface area contributed by atoms with Gasteiger partial charge in [-0.1, -0.05) is 143 Å². The summed E-state index contributed by atoms with van der Waals surface area (Å²) in [6.07, 6.45) is 27.2. The molecule has 0 spiro atoms. The van der Waals surface area contributed by atoms with Crippen molar-refractivity contribution in [2.75, 3.05) is 0 Å². The molecule has 0 N–H and O–H groups in total. The zero-order valence-electron chi connectivity index (χ0n) is 16.7. The van der Waals surface area contributed by atoms with E-state index >= 15 is 0 Å². The highest BCUT2D eigenvalue weighted by atomic mass is 14.1. The first-order valence-electron chi connectivity index (χ1n) is 11.1. The van der Waals surface area contributed by atoms with Gasteiger partial charge in [-0.25, -0.2) is 0 Å². The van der Waals surface area contributed by atoms with Gasteiger partial charge in [-0.05, 0) is 5.92 Å². The molecule has 0 aromatic rings. The zero-order valence-corrected chi connectivity index (χ0v) is 16.7. The van der Waals surface area contributed by atoms with Crippen molar-refractivity contribution < 1.29 is 0 Å². The lowest BCUT2D eigenvalue weighted by atomic mass is 9.90. The maximum Gasteiger partial charge on any atom is -0.0414 e. The van der Waals surface area contributed by atoms with Crippen LogP contribution in [0.1, 0.15) is 136 Å². The van der Waals surface area contributed by atoms with Gasteiger partial charge in [-0.3, -0.25) is 0 Å². The molecule has 0 unspecified atom stereocenters. The molecule has 0 fully saturated rings. The summed E-state index contributed by atoms with van der Waals surface area (Å²) in [6, 6.07) is 0. The Bertz CT molecular complexity index is 186. The molecule has 0 bridgehead atoms. The van der Waals surface area contributed by atoms with Crippen molar-refractivity contribution in [1.29, 1.82) is 0 Å². The molecule has 0 saturated heterocycles. The fourth-order valence-corrected chi connectivity index (χ4v) is 3.65. The van der Waals surface area contributed by atoms with Gasteiger partial charge in [0.1, 0.15) is 0 Å². The van der Waals surface area contributed by atoms with Crippen molar-refractivity contribution in [2.24, 2.45) is 5.92 Å². The molecule has 0 aromatic heterocycles. The average molecular weight is 324 g/mol. The van der Waals surface area contributed by atoms with Crippen LogP contribution in [0.3, 0.4) is 0 Å². The van der Waals surface area contributed by atoms with Crippen molar-refractivity contribution in [3.8, 4) is 0 Å². The maximum absolute atomic E-state index is 3.91. The van der Waals surface area contributed by atoms with E-state index in [9.17, 15) is 0 Å². The summed E-state index contributed by atoms with van der Waals surface area (Å²) < 4.78 is 0. The van der Waals surface area contributed by atoms with Gasteiger partial charge in [0.15, 0.2) is 0 Å². The van der Waals surface area contributed by atoms with E-state index < -0.39 is 0 Å². The summed E-state index contributed by atoms with van der Waals surface area (Å²) in [5.74, 6) is 1.04. The summed E-state index contributed by atoms with van der Waals surface area (Å²) >= 11 is 0. The van der Waals surface area contributed by atoms with Gasteiger partial charge < -0.3 is 0 Å². The van der Waals surface area contributed by atoms with Crippen LogP contribution in [-0.2, 0) is 0 Å². The Hall–Kier alpha value is 0. The smallest absolute Gasteiger partial charge is 0.0414 e. The van der Waals surface area contributed by atoms with Crippen molar-refractivity contribution in [3.63, 3.8) is 0 Å². The van der Waals surface area contributed by atoms with Crippen LogP contribution in [0.25, 0.3) is 0 Å². The second-order valence-corrected chi connectivity index (χ2v) is 7.68. The van der Waals surface area contributed by atoms with Gasteiger partial charge in [0.2, 0.25) is 0 Å². The maximum atomic E-state index is 3.91. The standard InChI is InChI=1S/C23H47/c1-4-7-10-11-12-13-14-15-16-19-22-23(20-17-8-5-2)21-18-9-6-3/h23H,1,4-22H2,2-3H3. The Morgan fingerprint density at radius 1 is 0.478 bits per heavy atom. The first kappa shape index (κ1) is 23.0. The largest absolute Gasteiger partial charge is 0.0654 e. The van der Waals surface area contributed by atoms with E-state index in [1.165, 1.54) is 116 Å². The Labute approximate surface area is 149 Å². The summed E-state index contributed by atoms with van der Waals surface area (Å²) in [6.45, 7) is 8.56. The number of unbranched alkanes of at least 4 members (excludes halogenated alkanes) is 13. The van der Waals surface area contributed by atoms with Gasteiger partial charge >= 0.3 is 0 Å². The predicted octanol–water partition coefficient (Wildman–Crippen LogP) is 8.89. The highest BCUT2D eigenvalue weighted by molar-refractivity contribution is 4.61. The minimum Gasteiger partial charge on any atom is -0.0654 e. The molecular formula is C23H47. The first-order chi connectivity index (χ1) is 11.3. The molecule has 139 valence electrons. The SMILES string of the molecule is [CH2]CCCCCCCCCCCC(CCCCC)CCCCC. The van der Waals surface area contributed by atoms with E-state index in [-0.39, 0.29) is 0 Å². The van der Waals surface area contributed by atoms with Gasteiger partial charge in [0, 0.05) is 0 Å². The molecule has 0 aliphatic rings. The van der Waals surface area contributed by atoms with Crippen molar-refractivity contribution in [3.05, 3.63) is 6.92 Å². The van der Waals surface area contributed by atoms with E-state index in [4.69, 9.17) is 0 Å². The van der Waals surface area contributed by atoms with E-state index in [2.05, 4.69) is 20.8 Å². The van der Waals surface area contributed by atoms with Crippen molar-refractivity contribution in [2.45, 2.75) is 136 Å². The molecule has 0 amide bonds. The van der Waals surface area contributed by atoms with Crippen LogP contribution in [0, 0.1) is 12.8 Å². The number of rotatable bonds is 19. The van der Waals surface area contributed by atoms with Crippen LogP contribution in [-0.4, -0.2) is 0 Å². The van der Waals surface area contributed by atoms with E-state index in [1.54, 1.807) is 0 Å². The minimum absolute atomic E-state index is 1.04. The van der Waals surface area contributed by atoms with E-state index in [1.807, 2.05) is 0 Å². The second-order valence-electron chi connectivity index (χ2n) is 7.68. The Morgan fingerprint density at radius 2 is 0.826 bits per heavy atom. The molecule has 0 saturated carbocycles. The molecule has 0 aromatic carbocycles. The molecule has 0 heteroatoms. The molecular weight excluding hydrogens is 276 g/mol. The van der Waals surface area contributed by atoms with Crippen LogP contribution >= 0.6 is 0 Å². The number of hydrogen-bond acceptors (Lipinski definition) is 0. The first-order valence-corrected chi connectivity index (χ1v) is 11.1. The molecule has 0 heterocycles. The highest BCUT2D eigenvalue weighted by Crippen LogP contribution is 2.24. The summed E-state index contributed by atoms with van der Waals surface area (Å²) in [4.78, 5) is 0. The van der Waals surface area contributed by atoms with Crippen molar-refractivity contribution in [1.82, 2.24) is 0 Å². The van der Waals surface area contributed by atoms with Gasteiger partial charge in [-0.15, -0.1) is 0 Å². The van der Waals surface area contributed by atoms with E-state index in [0.29, 0.717) is 0 Å². The highest BCUT2D eigenvalue weighted by Gasteiger charge is 2.08. The third-order valence-electron chi connectivity index (χ3n) is 5.29. The summed E-state index contributed by atoms with van der Waals surface area (Å²) in [7, 11) is 0. The summed E-state index contributed by atoms with van der Waals surface area (Å²) in [5, 5.41) is 0. The summed E-state index contributed by atoms with van der Waals surface area (Å²) in [5.41, 5.74) is 0. The monoisotopic (exact) mass is 323 g/mol. The quantitative estimate of drug-likeness (QED) is 0.208. The zero-order chi connectivity index (χ0) is 17.0. The average Bonchev–Trinajstić information content (AvgIpc) is 2.56.